The van der Waals surface area contributed by atoms with E-state index < -0.39 is 0 Å². The van der Waals surface area contributed by atoms with Crippen molar-refractivity contribution in [3.05, 3.63) is 0 Å². The lowest BCUT2D eigenvalue weighted by Crippen LogP contribution is -2.42. The quantitative estimate of drug-likeness (QED) is 0.705. The SMILES string of the molecule is CCN(CCNC1CCCCC1C)CCOC. The highest BCUT2D eigenvalue weighted by Gasteiger charge is 2.20. The number of likely N-dealkylation sites (N-methyl/N-ethyl adjacent to an activating group) is 1. The lowest BCUT2D eigenvalue weighted by Gasteiger charge is -2.30. The second kappa shape index (κ2) is 8.90. The van der Waals surface area contributed by atoms with Crippen molar-refractivity contribution in [3.8, 4) is 0 Å². The van der Waals surface area contributed by atoms with Crippen LogP contribution in [-0.4, -0.2) is 50.8 Å². The van der Waals surface area contributed by atoms with Gasteiger partial charge in [-0.05, 0) is 25.3 Å². The largest absolute Gasteiger partial charge is 0.383 e. The minimum absolute atomic E-state index is 0.755. The highest BCUT2D eigenvalue weighted by atomic mass is 16.5. The standard InChI is InChI=1S/C14H30N2O/c1-4-16(11-12-17-3)10-9-15-14-8-6-5-7-13(14)2/h13-15H,4-12H2,1-3H3. The maximum absolute atomic E-state index is 5.13. The molecule has 0 radical (unpaired) electrons. The predicted molar refractivity (Wildman–Crippen MR) is 73.4 cm³/mol. The molecule has 0 aromatic carbocycles. The Morgan fingerprint density at radius 3 is 2.65 bits per heavy atom. The van der Waals surface area contributed by atoms with Crippen molar-refractivity contribution in [1.82, 2.24) is 10.2 Å². The monoisotopic (exact) mass is 242 g/mol. The van der Waals surface area contributed by atoms with Crippen molar-refractivity contribution in [2.75, 3.05) is 39.9 Å². The maximum Gasteiger partial charge on any atom is 0.0589 e. The molecule has 0 aromatic heterocycles. The van der Waals surface area contributed by atoms with E-state index in [4.69, 9.17) is 4.74 Å². The Kier molecular flexibility index (Phi) is 7.82. The van der Waals surface area contributed by atoms with Crippen LogP contribution in [-0.2, 0) is 4.74 Å². The van der Waals surface area contributed by atoms with Crippen molar-refractivity contribution in [3.63, 3.8) is 0 Å². The maximum atomic E-state index is 5.13. The first-order valence-electron chi connectivity index (χ1n) is 7.22. The fourth-order valence-electron chi connectivity index (χ4n) is 2.68. The van der Waals surface area contributed by atoms with Crippen molar-refractivity contribution in [2.45, 2.75) is 45.6 Å². The van der Waals surface area contributed by atoms with E-state index in [-0.39, 0.29) is 0 Å². The lowest BCUT2D eigenvalue weighted by atomic mass is 9.86. The van der Waals surface area contributed by atoms with E-state index in [1.54, 1.807) is 7.11 Å². The number of ether oxygens (including phenoxy) is 1. The van der Waals surface area contributed by atoms with Gasteiger partial charge in [-0.15, -0.1) is 0 Å². The Hall–Kier alpha value is -0.120. The normalized spacial score (nSPS) is 25.4. The summed E-state index contributed by atoms with van der Waals surface area (Å²) in [5.74, 6) is 0.859. The fraction of sp³-hybridized carbons (Fsp3) is 1.00. The Bertz CT molecular complexity index is 187. The predicted octanol–water partition coefficient (Wildman–Crippen LogP) is 2.12. The van der Waals surface area contributed by atoms with E-state index in [2.05, 4.69) is 24.1 Å². The summed E-state index contributed by atoms with van der Waals surface area (Å²) >= 11 is 0. The molecule has 1 N–H and O–H groups in total. The molecule has 1 aliphatic carbocycles. The Labute approximate surface area is 107 Å². The third-order valence-corrected chi connectivity index (χ3v) is 4.00. The van der Waals surface area contributed by atoms with Crippen LogP contribution in [0, 0.1) is 5.92 Å². The van der Waals surface area contributed by atoms with Crippen LogP contribution in [0.3, 0.4) is 0 Å². The van der Waals surface area contributed by atoms with Gasteiger partial charge in [-0.25, -0.2) is 0 Å². The minimum Gasteiger partial charge on any atom is -0.383 e. The summed E-state index contributed by atoms with van der Waals surface area (Å²) < 4.78 is 5.13. The molecule has 0 saturated heterocycles. The van der Waals surface area contributed by atoms with Gasteiger partial charge in [0.25, 0.3) is 0 Å². The van der Waals surface area contributed by atoms with E-state index in [0.717, 1.165) is 44.7 Å². The van der Waals surface area contributed by atoms with Crippen LogP contribution >= 0.6 is 0 Å². The molecule has 1 rings (SSSR count). The molecule has 2 atom stereocenters. The van der Waals surface area contributed by atoms with Crippen molar-refractivity contribution in [1.29, 1.82) is 0 Å². The van der Waals surface area contributed by atoms with Gasteiger partial charge < -0.3 is 15.0 Å². The molecule has 102 valence electrons. The Morgan fingerprint density at radius 1 is 1.24 bits per heavy atom. The van der Waals surface area contributed by atoms with Gasteiger partial charge in [0, 0.05) is 32.8 Å². The van der Waals surface area contributed by atoms with E-state index in [9.17, 15) is 0 Å². The Balaban J connectivity index is 2.12. The smallest absolute Gasteiger partial charge is 0.0589 e. The first kappa shape index (κ1) is 14.9. The summed E-state index contributed by atoms with van der Waals surface area (Å²) in [4.78, 5) is 2.45. The van der Waals surface area contributed by atoms with Gasteiger partial charge in [-0.1, -0.05) is 26.7 Å². The van der Waals surface area contributed by atoms with Gasteiger partial charge in [0.1, 0.15) is 0 Å². The number of nitrogens with zero attached hydrogens (tertiary/aromatic N) is 1. The molecule has 17 heavy (non-hydrogen) atoms. The third-order valence-electron chi connectivity index (χ3n) is 4.00. The molecule has 3 nitrogen and oxygen atoms in total. The number of rotatable bonds is 8. The number of nitrogens with one attached hydrogen (secondary N) is 1. The summed E-state index contributed by atoms with van der Waals surface area (Å²) in [7, 11) is 1.77. The second-order valence-electron chi connectivity index (χ2n) is 5.25. The van der Waals surface area contributed by atoms with Crippen molar-refractivity contribution >= 4 is 0 Å². The Morgan fingerprint density at radius 2 is 2.00 bits per heavy atom. The van der Waals surface area contributed by atoms with Gasteiger partial charge in [0.2, 0.25) is 0 Å². The molecule has 1 aliphatic rings. The first-order valence-corrected chi connectivity index (χ1v) is 7.22. The van der Waals surface area contributed by atoms with E-state index in [1.807, 2.05) is 0 Å². The van der Waals surface area contributed by atoms with Crippen LogP contribution < -0.4 is 5.32 Å². The lowest BCUT2D eigenvalue weighted by molar-refractivity contribution is 0.149. The van der Waals surface area contributed by atoms with Crippen LogP contribution in [0.1, 0.15) is 39.5 Å². The molecular formula is C14H30N2O. The summed E-state index contributed by atoms with van der Waals surface area (Å²) in [6.07, 6.45) is 5.60. The molecule has 0 heterocycles. The molecular weight excluding hydrogens is 212 g/mol. The van der Waals surface area contributed by atoms with E-state index >= 15 is 0 Å². The summed E-state index contributed by atoms with van der Waals surface area (Å²) in [6.45, 7) is 9.88. The molecule has 3 heteroatoms. The van der Waals surface area contributed by atoms with Gasteiger partial charge in [0.15, 0.2) is 0 Å². The van der Waals surface area contributed by atoms with Crippen molar-refractivity contribution in [2.24, 2.45) is 5.92 Å². The molecule has 2 unspecified atom stereocenters. The first-order chi connectivity index (χ1) is 8.27. The topological polar surface area (TPSA) is 24.5 Å². The highest BCUT2D eigenvalue weighted by molar-refractivity contribution is 4.78. The van der Waals surface area contributed by atoms with Gasteiger partial charge >= 0.3 is 0 Å². The van der Waals surface area contributed by atoms with Crippen LogP contribution in [0.2, 0.25) is 0 Å². The number of hydrogen-bond acceptors (Lipinski definition) is 3. The van der Waals surface area contributed by atoms with Crippen LogP contribution in [0.15, 0.2) is 0 Å². The number of methoxy groups -OCH3 is 1. The molecule has 1 fully saturated rings. The molecule has 0 aromatic rings. The summed E-state index contributed by atoms with van der Waals surface area (Å²) in [5, 5.41) is 3.73. The molecule has 0 bridgehead atoms. The van der Waals surface area contributed by atoms with E-state index in [0.29, 0.717) is 0 Å². The zero-order valence-corrected chi connectivity index (χ0v) is 11.9. The van der Waals surface area contributed by atoms with Crippen molar-refractivity contribution < 1.29 is 4.74 Å². The van der Waals surface area contributed by atoms with Crippen LogP contribution in [0.25, 0.3) is 0 Å². The zero-order chi connectivity index (χ0) is 12.5. The molecule has 1 saturated carbocycles. The molecule has 0 spiro atoms. The average molecular weight is 242 g/mol. The minimum atomic E-state index is 0.755. The van der Waals surface area contributed by atoms with Gasteiger partial charge in [0.05, 0.1) is 6.61 Å². The fourth-order valence-corrected chi connectivity index (χ4v) is 2.68. The third kappa shape index (κ3) is 5.84. The summed E-state index contributed by atoms with van der Waals surface area (Å²) in [5.41, 5.74) is 0. The van der Waals surface area contributed by atoms with Crippen LogP contribution in [0.5, 0.6) is 0 Å². The second-order valence-corrected chi connectivity index (χ2v) is 5.25. The van der Waals surface area contributed by atoms with Crippen LogP contribution in [0.4, 0.5) is 0 Å². The van der Waals surface area contributed by atoms with Gasteiger partial charge in [-0.3, -0.25) is 0 Å². The average Bonchev–Trinajstić information content (AvgIpc) is 2.35. The molecule has 0 aliphatic heterocycles. The molecule has 0 amide bonds. The summed E-state index contributed by atoms with van der Waals surface area (Å²) in [6, 6.07) is 0.755. The zero-order valence-electron chi connectivity index (χ0n) is 11.9. The number of hydrogen-bond donors (Lipinski definition) is 1. The van der Waals surface area contributed by atoms with E-state index in [1.165, 1.54) is 25.7 Å². The highest BCUT2D eigenvalue weighted by Crippen LogP contribution is 2.23. The van der Waals surface area contributed by atoms with Gasteiger partial charge in [-0.2, -0.15) is 0 Å².